The first-order chi connectivity index (χ1) is 15.1. The molecule has 0 unspecified atom stereocenters. The first kappa shape index (κ1) is 21.1. The Kier molecular flexibility index (Phi) is 6.64. The number of thiophene rings is 1. The summed E-state index contributed by atoms with van der Waals surface area (Å²) in [6, 6.07) is 19.0. The maximum absolute atomic E-state index is 12.9. The summed E-state index contributed by atoms with van der Waals surface area (Å²) >= 11 is 1.38. The Morgan fingerprint density at radius 1 is 1.06 bits per heavy atom. The van der Waals surface area contributed by atoms with Crippen LogP contribution in [0.2, 0.25) is 0 Å². The van der Waals surface area contributed by atoms with Crippen molar-refractivity contribution in [2.75, 3.05) is 43.6 Å². The molecule has 1 aromatic heterocycles. The van der Waals surface area contributed by atoms with Crippen molar-refractivity contribution in [2.24, 2.45) is 0 Å². The standard InChI is InChI=1S/C24H25N3O3S/c1-26(17-18-7-9-21(10-8-18)27-11-13-30-14-12-27)24(29)19-4-2-5-20(16-19)25-23(28)22-6-3-15-31-22/h2-10,15-16H,11-14,17H2,1H3,(H,25,28). The summed E-state index contributed by atoms with van der Waals surface area (Å²) < 4.78 is 5.41. The molecule has 1 fully saturated rings. The molecule has 160 valence electrons. The second-order valence-corrected chi connectivity index (χ2v) is 8.39. The fourth-order valence-corrected chi connectivity index (χ4v) is 4.15. The van der Waals surface area contributed by atoms with E-state index in [9.17, 15) is 9.59 Å². The van der Waals surface area contributed by atoms with Crippen LogP contribution in [0.5, 0.6) is 0 Å². The van der Waals surface area contributed by atoms with Gasteiger partial charge in [0.15, 0.2) is 0 Å². The van der Waals surface area contributed by atoms with Crippen LogP contribution in [0.3, 0.4) is 0 Å². The van der Waals surface area contributed by atoms with Crippen molar-refractivity contribution in [3.8, 4) is 0 Å². The third-order valence-corrected chi connectivity index (χ3v) is 6.06. The predicted molar refractivity (Wildman–Crippen MR) is 124 cm³/mol. The van der Waals surface area contributed by atoms with Crippen molar-refractivity contribution in [3.63, 3.8) is 0 Å². The fourth-order valence-electron chi connectivity index (χ4n) is 3.53. The van der Waals surface area contributed by atoms with Crippen LogP contribution in [0.1, 0.15) is 25.6 Å². The molecule has 4 rings (SSSR count). The topological polar surface area (TPSA) is 61.9 Å². The molecule has 0 atom stereocenters. The van der Waals surface area contributed by atoms with Crippen LogP contribution in [0, 0.1) is 0 Å². The summed E-state index contributed by atoms with van der Waals surface area (Å²) in [5.41, 5.74) is 3.38. The summed E-state index contributed by atoms with van der Waals surface area (Å²) in [4.78, 5) is 29.8. The Labute approximate surface area is 186 Å². The third kappa shape index (κ3) is 5.31. The zero-order chi connectivity index (χ0) is 21.6. The highest BCUT2D eigenvalue weighted by atomic mass is 32.1. The fraction of sp³-hybridized carbons (Fsp3) is 0.250. The van der Waals surface area contributed by atoms with Gasteiger partial charge in [-0.2, -0.15) is 0 Å². The summed E-state index contributed by atoms with van der Waals surface area (Å²) in [5.74, 6) is -0.266. The number of carbonyl (C=O) groups excluding carboxylic acids is 2. The van der Waals surface area contributed by atoms with Crippen LogP contribution in [0.25, 0.3) is 0 Å². The summed E-state index contributed by atoms with van der Waals surface area (Å²) in [5, 5.41) is 4.71. The number of nitrogens with one attached hydrogen (secondary N) is 1. The van der Waals surface area contributed by atoms with Crippen molar-refractivity contribution in [3.05, 3.63) is 82.0 Å². The van der Waals surface area contributed by atoms with Crippen LogP contribution in [-0.2, 0) is 11.3 Å². The van der Waals surface area contributed by atoms with E-state index in [0.717, 1.165) is 31.9 Å². The van der Waals surface area contributed by atoms with E-state index in [1.807, 2.05) is 11.4 Å². The van der Waals surface area contributed by atoms with Gasteiger partial charge in [0.2, 0.25) is 0 Å². The lowest BCUT2D eigenvalue weighted by molar-refractivity contribution is 0.0784. The minimum absolute atomic E-state index is 0.0931. The van der Waals surface area contributed by atoms with Crippen LogP contribution in [-0.4, -0.2) is 50.1 Å². The number of ether oxygens (including phenoxy) is 1. The second-order valence-electron chi connectivity index (χ2n) is 7.44. The molecule has 1 N–H and O–H groups in total. The number of anilines is 2. The van der Waals surface area contributed by atoms with Crippen molar-refractivity contribution in [2.45, 2.75) is 6.54 Å². The van der Waals surface area contributed by atoms with Crippen molar-refractivity contribution in [1.82, 2.24) is 4.90 Å². The highest BCUT2D eigenvalue weighted by Gasteiger charge is 2.15. The zero-order valence-electron chi connectivity index (χ0n) is 17.4. The van der Waals surface area contributed by atoms with Crippen molar-refractivity contribution in [1.29, 1.82) is 0 Å². The predicted octanol–water partition coefficient (Wildman–Crippen LogP) is 4.11. The van der Waals surface area contributed by atoms with Gasteiger partial charge in [-0.05, 0) is 47.3 Å². The van der Waals surface area contributed by atoms with Crippen LogP contribution in [0.4, 0.5) is 11.4 Å². The molecule has 0 aliphatic carbocycles. The average Bonchev–Trinajstić information content (AvgIpc) is 3.35. The number of benzene rings is 2. The van der Waals surface area contributed by atoms with E-state index in [1.165, 1.54) is 17.0 Å². The first-order valence-electron chi connectivity index (χ1n) is 10.2. The molecule has 6 nitrogen and oxygen atoms in total. The molecule has 3 aromatic rings. The molecular weight excluding hydrogens is 410 g/mol. The molecule has 0 saturated carbocycles. The number of nitrogens with zero attached hydrogens (tertiary/aromatic N) is 2. The molecular formula is C24H25N3O3S. The Morgan fingerprint density at radius 3 is 2.55 bits per heavy atom. The minimum Gasteiger partial charge on any atom is -0.378 e. The van der Waals surface area contributed by atoms with Crippen LogP contribution >= 0.6 is 11.3 Å². The van der Waals surface area contributed by atoms with E-state index in [-0.39, 0.29) is 11.8 Å². The lowest BCUT2D eigenvalue weighted by atomic mass is 10.1. The number of rotatable bonds is 6. The van der Waals surface area contributed by atoms with E-state index < -0.39 is 0 Å². The zero-order valence-corrected chi connectivity index (χ0v) is 18.2. The van der Waals surface area contributed by atoms with Crippen LogP contribution in [0.15, 0.2) is 66.0 Å². The van der Waals surface area contributed by atoms with Gasteiger partial charge in [-0.15, -0.1) is 11.3 Å². The SMILES string of the molecule is CN(Cc1ccc(N2CCOCC2)cc1)C(=O)c1cccc(NC(=O)c2cccs2)c1. The number of carbonyl (C=O) groups is 2. The summed E-state index contributed by atoms with van der Waals surface area (Å²) in [7, 11) is 1.79. The van der Waals surface area contributed by atoms with Gasteiger partial charge in [0.1, 0.15) is 0 Å². The Balaban J connectivity index is 1.38. The van der Waals surface area contributed by atoms with E-state index >= 15 is 0 Å². The van der Waals surface area contributed by atoms with Crippen molar-refractivity contribution < 1.29 is 14.3 Å². The Hall–Kier alpha value is -3.16. The third-order valence-electron chi connectivity index (χ3n) is 5.19. The first-order valence-corrected chi connectivity index (χ1v) is 11.1. The normalized spacial score (nSPS) is 13.6. The molecule has 2 amide bonds. The van der Waals surface area contributed by atoms with Crippen LogP contribution < -0.4 is 10.2 Å². The number of hydrogen-bond donors (Lipinski definition) is 1. The second kappa shape index (κ2) is 9.76. The number of hydrogen-bond acceptors (Lipinski definition) is 5. The largest absolute Gasteiger partial charge is 0.378 e. The maximum atomic E-state index is 12.9. The molecule has 2 heterocycles. The highest BCUT2D eigenvalue weighted by molar-refractivity contribution is 7.12. The van der Waals surface area contributed by atoms with E-state index in [2.05, 4.69) is 34.5 Å². The lowest BCUT2D eigenvalue weighted by Gasteiger charge is -2.29. The quantitative estimate of drug-likeness (QED) is 0.633. The Morgan fingerprint density at radius 2 is 1.84 bits per heavy atom. The molecule has 31 heavy (non-hydrogen) atoms. The van der Waals surface area contributed by atoms with E-state index in [4.69, 9.17) is 4.74 Å². The summed E-state index contributed by atoms with van der Waals surface area (Å²) in [6.45, 7) is 3.82. The molecule has 2 aromatic carbocycles. The van der Waals surface area contributed by atoms with E-state index in [0.29, 0.717) is 22.7 Å². The molecule has 7 heteroatoms. The van der Waals surface area contributed by atoms with Gasteiger partial charge < -0.3 is 19.9 Å². The van der Waals surface area contributed by atoms with Gasteiger partial charge in [0.25, 0.3) is 11.8 Å². The minimum atomic E-state index is -0.173. The maximum Gasteiger partial charge on any atom is 0.265 e. The van der Waals surface area contributed by atoms with Gasteiger partial charge in [0.05, 0.1) is 18.1 Å². The smallest absolute Gasteiger partial charge is 0.265 e. The highest BCUT2D eigenvalue weighted by Crippen LogP contribution is 2.19. The molecule has 1 aliphatic rings. The lowest BCUT2D eigenvalue weighted by Crippen LogP contribution is -2.36. The molecule has 1 saturated heterocycles. The number of amides is 2. The van der Waals surface area contributed by atoms with Gasteiger partial charge in [-0.1, -0.05) is 24.3 Å². The molecule has 1 aliphatic heterocycles. The molecule has 0 spiro atoms. The van der Waals surface area contributed by atoms with Gasteiger partial charge >= 0.3 is 0 Å². The average molecular weight is 436 g/mol. The monoisotopic (exact) mass is 435 g/mol. The van der Waals surface area contributed by atoms with Crippen molar-refractivity contribution >= 4 is 34.5 Å². The van der Waals surface area contributed by atoms with Gasteiger partial charge in [-0.3, -0.25) is 9.59 Å². The summed E-state index contributed by atoms with van der Waals surface area (Å²) in [6.07, 6.45) is 0. The Bertz CT molecular complexity index is 1030. The molecule has 0 bridgehead atoms. The van der Waals surface area contributed by atoms with E-state index in [1.54, 1.807) is 42.3 Å². The van der Waals surface area contributed by atoms with Gasteiger partial charge in [0, 0.05) is 43.6 Å². The molecule has 0 radical (unpaired) electrons. The van der Waals surface area contributed by atoms with Gasteiger partial charge in [-0.25, -0.2) is 0 Å². The number of morpholine rings is 1.